The van der Waals surface area contributed by atoms with E-state index in [1.807, 2.05) is 16.8 Å². The number of nitrogens with one attached hydrogen (secondary N) is 1. The molecule has 0 aliphatic rings. The summed E-state index contributed by atoms with van der Waals surface area (Å²) in [7, 11) is 1.79. The van der Waals surface area contributed by atoms with Crippen molar-refractivity contribution in [2.45, 2.75) is 19.4 Å². The summed E-state index contributed by atoms with van der Waals surface area (Å²) in [4.78, 5) is 17.7. The Morgan fingerprint density at radius 3 is 2.55 bits per heavy atom. The topological polar surface area (TPSA) is 36.1 Å². The van der Waals surface area contributed by atoms with Crippen molar-refractivity contribution in [1.29, 1.82) is 0 Å². The van der Waals surface area contributed by atoms with E-state index in [-0.39, 0.29) is 17.5 Å². The number of hydrogen-bond donors (Lipinski definition) is 1. The van der Waals surface area contributed by atoms with Crippen LogP contribution in [0.5, 0.6) is 0 Å². The van der Waals surface area contributed by atoms with Gasteiger partial charge >= 0.3 is 0 Å². The smallest absolute Gasteiger partial charge is 0.222 e. The summed E-state index contributed by atoms with van der Waals surface area (Å²) < 4.78 is 27.2. The number of aryl methyl sites for hydroxylation is 1. The predicted molar refractivity (Wildman–Crippen MR) is 113 cm³/mol. The second kappa shape index (κ2) is 8.17. The van der Waals surface area contributed by atoms with E-state index in [9.17, 15) is 13.6 Å². The summed E-state index contributed by atoms with van der Waals surface area (Å²) in [5, 5.41) is 4.76. The average Bonchev–Trinajstić information content (AvgIpc) is 3.34. The fourth-order valence-electron chi connectivity index (χ4n) is 3.51. The lowest BCUT2D eigenvalue weighted by molar-refractivity contribution is -0.130. The Labute approximate surface area is 171 Å². The van der Waals surface area contributed by atoms with Crippen LogP contribution in [0.1, 0.15) is 17.5 Å². The molecule has 3 nitrogen and oxygen atoms in total. The van der Waals surface area contributed by atoms with Crippen molar-refractivity contribution in [3.8, 4) is 11.3 Å². The molecule has 4 rings (SSSR count). The number of carbonyl (C=O) groups is 1. The molecule has 0 fully saturated rings. The lowest BCUT2D eigenvalue weighted by Gasteiger charge is -2.16. The summed E-state index contributed by atoms with van der Waals surface area (Å²) in [6.45, 7) is 0.565. The monoisotopic (exact) mass is 410 g/mol. The van der Waals surface area contributed by atoms with Crippen LogP contribution in [0, 0.1) is 11.6 Å². The Morgan fingerprint density at radius 2 is 1.83 bits per heavy atom. The number of carbonyl (C=O) groups excluding carboxylic acids is 1. The molecular weight excluding hydrogens is 390 g/mol. The van der Waals surface area contributed by atoms with Crippen LogP contribution < -0.4 is 0 Å². The van der Waals surface area contributed by atoms with Crippen molar-refractivity contribution < 1.29 is 13.6 Å². The molecule has 6 heteroatoms. The second-order valence-electron chi connectivity index (χ2n) is 7.06. The van der Waals surface area contributed by atoms with Gasteiger partial charge in [-0.05, 0) is 82.4 Å². The first kappa shape index (κ1) is 19.3. The van der Waals surface area contributed by atoms with Crippen LogP contribution >= 0.6 is 11.3 Å². The van der Waals surface area contributed by atoms with Crippen LogP contribution in [0.25, 0.3) is 22.2 Å². The van der Waals surface area contributed by atoms with Gasteiger partial charge in [-0.15, -0.1) is 0 Å². The maximum Gasteiger partial charge on any atom is 0.222 e. The van der Waals surface area contributed by atoms with Crippen molar-refractivity contribution in [3.63, 3.8) is 0 Å². The first-order valence-corrected chi connectivity index (χ1v) is 10.3. The number of nitrogens with zero attached hydrogens (tertiary/aromatic N) is 1. The number of benzene rings is 2. The highest BCUT2D eigenvalue weighted by Gasteiger charge is 2.17. The highest BCUT2D eigenvalue weighted by molar-refractivity contribution is 7.07. The molecule has 0 saturated heterocycles. The first-order valence-electron chi connectivity index (χ1n) is 9.32. The molecule has 0 saturated carbocycles. The van der Waals surface area contributed by atoms with Gasteiger partial charge in [-0.25, -0.2) is 8.78 Å². The Hall–Kier alpha value is -2.99. The lowest BCUT2D eigenvalue weighted by Crippen LogP contribution is -2.26. The van der Waals surface area contributed by atoms with E-state index >= 15 is 0 Å². The number of amides is 1. The highest BCUT2D eigenvalue weighted by Crippen LogP contribution is 2.32. The van der Waals surface area contributed by atoms with Gasteiger partial charge in [0.25, 0.3) is 0 Å². The minimum absolute atomic E-state index is 0.0204. The summed E-state index contributed by atoms with van der Waals surface area (Å²) in [5.41, 5.74) is 4.35. The van der Waals surface area contributed by atoms with Crippen LogP contribution in [0.4, 0.5) is 8.78 Å². The normalized spacial score (nSPS) is 11.1. The van der Waals surface area contributed by atoms with E-state index < -0.39 is 0 Å². The fraction of sp³-hybridized carbons (Fsp3) is 0.174. The van der Waals surface area contributed by atoms with Gasteiger partial charge in [0.05, 0.1) is 0 Å². The van der Waals surface area contributed by atoms with E-state index in [2.05, 4.69) is 4.98 Å². The van der Waals surface area contributed by atoms with Gasteiger partial charge in [0.1, 0.15) is 11.6 Å². The quantitative estimate of drug-likeness (QED) is 0.431. The lowest BCUT2D eigenvalue weighted by atomic mass is 10.0. The van der Waals surface area contributed by atoms with E-state index in [0.29, 0.717) is 19.4 Å². The molecule has 2 aromatic carbocycles. The van der Waals surface area contributed by atoms with Crippen LogP contribution in [-0.2, 0) is 17.8 Å². The van der Waals surface area contributed by atoms with Crippen LogP contribution in [-0.4, -0.2) is 22.8 Å². The van der Waals surface area contributed by atoms with Gasteiger partial charge in [0.15, 0.2) is 0 Å². The third kappa shape index (κ3) is 4.22. The van der Waals surface area contributed by atoms with E-state index in [1.54, 1.807) is 41.5 Å². The Balaban J connectivity index is 1.61. The van der Waals surface area contributed by atoms with Gasteiger partial charge in [-0.1, -0.05) is 0 Å². The maximum absolute atomic E-state index is 13.9. The fourth-order valence-corrected chi connectivity index (χ4v) is 4.17. The molecule has 0 spiro atoms. The first-order chi connectivity index (χ1) is 14.0. The SMILES string of the molecule is CN(Cc1ccsc1)C(=O)CCc1c(-c2ccc(F)cc2)[nH]c2ccc(F)cc12. The van der Waals surface area contributed by atoms with E-state index in [4.69, 9.17) is 0 Å². The van der Waals surface area contributed by atoms with Crippen molar-refractivity contribution in [3.05, 3.63) is 82.1 Å². The predicted octanol–water partition coefficient (Wildman–Crippen LogP) is 5.77. The summed E-state index contributed by atoms with van der Waals surface area (Å²) in [6.07, 6.45) is 0.765. The summed E-state index contributed by atoms with van der Waals surface area (Å²) in [6, 6.07) is 12.7. The summed E-state index contributed by atoms with van der Waals surface area (Å²) >= 11 is 1.60. The molecule has 1 N–H and O–H groups in total. The van der Waals surface area contributed by atoms with Crippen LogP contribution in [0.3, 0.4) is 0 Å². The van der Waals surface area contributed by atoms with Crippen molar-refractivity contribution in [2.75, 3.05) is 7.05 Å². The molecule has 0 aliphatic heterocycles. The molecule has 0 aliphatic carbocycles. The number of aromatic nitrogens is 1. The van der Waals surface area contributed by atoms with Crippen LogP contribution in [0.2, 0.25) is 0 Å². The number of H-pyrrole nitrogens is 1. The number of hydrogen-bond acceptors (Lipinski definition) is 2. The van der Waals surface area contributed by atoms with E-state index in [1.165, 1.54) is 24.3 Å². The number of aromatic amines is 1. The third-order valence-corrected chi connectivity index (χ3v) is 5.75. The molecule has 4 aromatic rings. The molecule has 148 valence electrons. The minimum atomic E-state index is -0.329. The highest BCUT2D eigenvalue weighted by atomic mass is 32.1. The standard InChI is InChI=1S/C23H20F2N2OS/c1-27(13-15-10-11-29-14-15)22(28)9-7-19-20-12-18(25)6-8-21(20)26-23(19)16-2-4-17(24)5-3-16/h2-6,8,10-12,14,26H,7,9,13H2,1H3. The van der Waals surface area contributed by atoms with E-state index in [0.717, 1.165) is 33.3 Å². The van der Waals surface area contributed by atoms with Gasteiger partial charge in [-0.2, -0.15) is 11.3 Å². The van der Waals surface area contributed by atoms with Crippen molar-refractivity contribution in [1.82, 2.24) is 9.88 Å². The van der Waals surface area contributed by atoms with Gasteiger partial charge in [-0.3, -0.25) is 4.79 Å². The summed E-state index contributed by atoms with van der Waals surface area (Å²) in [5.74, 6) is -0.626. The number of fused-ring (bicyclic) bond motifs is 1. The third-order valence-electron chi connectivity index (χ3n) is 5.02. The molecule has 0 atom stereocenters. The molecular formula is C23H20F2N2OS. The number of rotatable bonds is 6. The molecule has 1 amide bonds. The largest absolute Gasteiger partial charge is 0.354 e. The second-order valence-corrected chi connectivity index (χ2v) is 7.84. The number of halogens is 2. The van der Waals surface area contributed by atoms with Gasteiger partial charge < -0.3 is 9.88 Å². The van der Waals surface area contributed by atoms with Gasteiger partial charge in [0.2, 0.25) is 5.91 Å². The van der Waals surface area contributed by atoms with Crippen molar-refractivity contribution in [2.24, 2.45) is 0 Å². The molecule has 2 heterocycles. The van der Waals surface area contributed by atoms with Crippen molar-refractivity contribution >= 4 is 28.1 Å². The van der Waals surface area contributed by atoms with Crippen LogP contribution in [0.15, 0.2) is 59.3 Å². The zero-order chi connectivity index (χ0) is 20.4. The zero-order valence-electron chi connectivity index (χ0n) is 15.9. The average molecular weight is 410 g/mol. The van der Waals surface area contributed by atoms with Gasteiger partial charge in [0, 0.05) is 36.6 Å². The molecule has 2 aromatic heterocycles. The minimum Gasteiger partial charge on any atom is -0.354 e. The molecule has 0 radical (unpaired) electrons. The maximum atomic E-state index is 13.9. The Kier molecular flexibility index (Phi) is 5.45. The molecule has 0 unspecified atom stereocenters. The number of thiophene rings is 1. The molecule has 29 heavy (non-hydrogen) atoms. The zero-order valence-corrected chi connectivity index (χ0v) is 16.7. The Bertz CT molecular complexity index is 1130. The Morgan fingerprint density at radius 1 is 1.07 bits per heavy atom. The molecule has 0 bridgehead atoms.